The molecule has 0 saturated carbocycles. The molecule has 0 aromatic heterocycles. The van der Waals surface area contributed by atoms with Crippen molar-refractivity contribution in [3.63, 3.8) is 0 Å². The van der Waals surface area contributed by atoms with Crippen LogP contribution in [-0.2, 0) is 20.7 Å². The molecule has 0 aliphatic carbocycles. The van der Waals surface area contributed by atoms with Gasteiger partial charge in [0.05, 0.1) is 13.2 Å². The minimum absolute atomic E-state index is 0.163. The molecule has 3 heteroatoms. The van der Waals surface area contributed by atoms with E-state index in [2.05, 4.69) is 45.0 Å². The lowest BCUT2D eigenvalue weighted by Crippen LogP contribution is -2.38. The highest BCUT2D eigenvalue weighted by Crippen LogP contribution is 2.36. The van der Waals surface area contributed by atoms with E-state index in [1.54, 1.807) is 0 Å². The minimum atomic E-state index is -0.594. The molecule has 1 heterocycles. The van der Waals surface area contributed by atoms with Crippen molar-refractivity contribution in [1.29, 1.82) is 0 Å². The van der Waals surface area contributed by atoms with Crippen LogP contribution in [0.5, 0.6) is 0 Å². The van der Waals surface area contributed by atoms with Gasteiger partial charge in [0.15, 0.2) is 5.79 Å². The smallest absolute Gasteiger partial charge is 0.194 e. The fourth-order valence-corrected chi connectivity index (χ4v) is 2.69. The topological polar surface area (TPSA) is 18.5 Å². The average molecular weight is 297 g/mol. The zero-order chi connectivity index (χ0) is 14.6. The largest absolute Gasteiger partial charge is 0.346 e. The van der Waals surface area contributed by atoms with Gasteiger partial charge < -0.3 is 9.47 Å². The van der Waals surface area contributed by atoms with Crippen molar-refractivity contribution in [2.75, 3.05) is 19.1 Å². The molecular formula is C17H25ClO2. The maximum Gasteiger partial charge on any atom is 0.194 e. The molecule has 1 aliphatic heterocycles. The maximum absolute atomic E-state index is 6.00. The first kappa shape index (κ1) is 15.8. The van der Waals surface area contributed by atoms with Gasteiger partial charge in [0, 0.05) is 17.9 Å². The van der Waals surface area contributed by atoms with Crippen LogP contribution in [0, 0.1) is 0 Å². The first-order chi connectivity index (χ1) is 9.48. The summed E-state index contributed by atoms with van der Waals surface area (Å²) in [4.78, 5) is 0. The van der Waals surface area contributed by atoms with Crippen molar-refractivity contribution in [2.45, 2.75) is 51.2 Å². The van der Waals surface area contributed by atoms with Gasteiger partial charge in [-0.2, -0.15) is 0 Å². The van der Waals surface area contributed by atoms with Crippen LogP contribution in [0.3, 0.4) is 0 Å². The number of hydrogen-bond donors (Lipinski definition) is 0. The lowest BCUT2D eigenvalue weighted by Gasteiger charge is -2.38. The average Bonchev–Trinajstić information content (AvgIpc) is 2.45. The summed E-state index contributed by atoms with van der Waals surface area (Å²) < 4.78 is 12.0. The van der Waals surface area contributed by atoms with Gasteiger partial charge in [-0.05, 0) is 23.8 Å². The molecule has 1 aromatic carbocycles. The Morgan fingerprint density at radius 1 is 1.10 bits per heavy atom. The van der Waals surface area contributed by atoms with Gasteiger partial charge in [-0.3, -0.25) is 0 Å². The van der Waals surface area contributed by atoms with E-state index in [-0.39, 0.29) is 5.41 Å². The van der Waals surface area contributed by atoms with Gasteiger partial charge in [-0.15, -0.1) is 11.6 Å². The summed E-state index contributed by atoms with van der Waals surface area (Å²) in [5.41, 5.74) is 2.59. The van der Waals surface area contributed by atoms with Crippen molar-refractivity contribution in [3.05, 3.63) is 35.4 Å². The van der Waals surface area contributed by atoms with E-state index in [0.717, 1.165) is 38.0 Å². The Kier molecular flexibility index (Phi) is 5.11. The zero-order valence-corrected chi connectivity index (χ0v) is 13.5. The SMILES string of the molecule is CC(C)(C)c1ccc(C2(CCCCl)OCCCO2)cc1. The van der Waals surface area contributed by atoms with Crippen LogP contribution in [-0.4, -0.2) is 19.1 Å². The Morgan fingerprint density at radius 3 is 2.20 bits per heavy atom. The first-order valence-corrected chi connectivity index (χ1v) is 7.96. The number of rotatable bonds is 4. The summed E-state index contributed by atoms with van der Waals surface area (Å²) in [5.74, 6) is 0.0398. The fourth-order valence-electron chi connectivity index (χ4n) is 2.55. The molecule has 0 atom stereocenters. The molecule has 0 amide bonds. The third kappa shape index (κ3) is 3.55. The third-order valence-electron chi connectivity index (χ3n) is 3.79. The number of alkyl halides is 1. The summed E-state index contributed by atoms with van der Waals surface area (Å²) >= 11 is 5.84. The van der Waals surface area contributed by atoms with Crippen molar-refractivity contribution in [3.8, 4) is 0 Å². The second-order valence-electron chi connectivity index (χ2n) is 6.42. The molecule has 2 nitrogen and oxygen atoms in total. The van der Waals surface area contributed by atoms with Gasteiger partial charge in [-0.25, -0.2) is 0 Å². The van der Waals surface area contributed by atoms with Gasteiger partial charge in [0.1, 0.15) is 0 Å². The predicted molar refractivity (Wildman–Crippen MR) is 83.3 cm³/mol. The highest BCUT2D eigenvalue weighted by molar-refractivity contribution is 6.17. The number of halogens is 1. The number of ether oxygens (including phenoxy) is 2. The first-order valence-electron chi connectivity index (χ1n) is 7.43. The van der Waals surface area contributed by atoms with E-state index >= 15 is 0 Å². The van der Waals surface area contributed by atoms with Crippen LogP contribution in [0.4, 0.5) is 0 Å². The summed E-state index contributed by atoms with van der Waals surface area (Å²) in [6.07, 6.45) is 2.66. The van der Waals surface area contributed by atoms with Crippen LogP contribution in [0.15, 0.2) is 24.3 Å². The highest BCUT2D eigenvalue weighted by atomic mass is 35.5. The Morgan fingerprint density at radius 2 is 1.70 bits per heavy atom. The zero-order valence-electron chi connectivity index (χ0n) is 12.7. The number of hydrogen-bond acceptors (Lipinski definition) is 2. The minimum Gasteiger partial charge on any atom is -0.346 e. The molecule has 1 fully saturated rings. The lowest BCUT2D eigenvalue weighted by atomic mass is 9.85. The summed E-state index contributed by atoms with van der Waals surface area (Å²) in [5, 5.41) is 0. The van der Waals surface area contributed by atoms with Gasteiger partial charge in [0.25, 0.3) is 0 Å². The van der Waals surface area contributed by atoms with E-state index in [1.165, 1.54) is 5.56 Å². The summed E-state index contributed by atoms with van der Waals surface area (Å²) in [6.45, 7) is 8.17. The predicted octanol–water partition coefficient (Wildman–Crippen LogP) is 4.59. The van der Waals surface area contributed by atoms with E-state index in [4.69, 9.17) is 21.1 Å². The Balaban J connectivity index is 2.24. The fraction of sp³-hybridized carbons (Fsp3) is 0.647. The standard InChI is InChI=1S/C17H25ClO2/c1-16(2,3)14-6-8-15(9-7-14)17(10-4-11-18)19-12-5-13-20-17/h6-9H,4-5,10-13H2,1-3H3. The second kappa shape index (κ2) is 6.46. The van der Waals surface area contributed by atoms with Gasteiger partial charge in [-0.1, -0.05) is 45.0 Å². The molecule has 1 saturated heterocycles. The molecule has 0 radical (unpaired) electrons. The number of benzene rings is 1. The monoisotopic (exact) mass is 296 g/mol. The van der Waals surface area contributed by atoms with Gasteiger partial charge >= 0.3 is 0 Å². The Labute approximate surface area is 127 Å². The highest BCUT2D eigenvalue weighted by Gasteiger charge is 2.36. The molecule has 112 valence electrons. The molecule has 0 unspecified atom stereocenters. The van der Waals surface area contributed by atoms with Crippen LogP contribution in [0.2, 0.25) is 0 Å². The van der Waals surface area contributed by atoms with E-state index in [9.17, 15) is 0 Å². The molecule has 0 N–H and O–H groups in total. The van der Waals surface area contributed by atoms with Crippen LogP contribution in [0.1, 0.15) is 51.2 Å². The van der Waals surface area contributed by atoms with Crippen molar-refractivity contribution >= 4 is 11.6 Å². The molecular weight excluding hydrogens is 272 g/mol. The molecule has 0 bridgehead atoms. The van der Waals surface area contributed by atoms with E-state index < -0.39 is 5.79 Å². The van der Waals surface area contributed by atoms with Gasteiger partial charge in [0.2, 0.25) is 0 Å². The third-order valence-corrected chi connectivity index (χ3v) is 4.06. The summed E-state index contributed by atoms with van der Waals surface area (Å²) in [7, 11) is 0. The quantitative estimate of drug-likeness (QED) is 0.756. The van der Waals surface area contributed by atoms with E-state index in [1.807, 2.05) is 0 Å². The molecule has 20 heavy (non-hydrogen) atoms. The molecule has 2 rings (SSSR count). The maximum atomic E-state index is 6.00. The lowest BCUT2D eigenvalue weighted by molar-refractivity contribution is -0.280. The summed E-state index contributed by atoms with van der Waals surface area (Å²) in [6, 6.07) is 8.64. The van der Waals surface area contributed by atoms with Crippen molar-refractivity contribution < 1.29 is 9.47 Å². The Hall–Kier alpha value is -0.570. The van der Waals surface area contributed by atoms with Crippen molar-refractivity contribution in [1.82, 2.24) is 0 Å². The van der Waals surface area contributed by atoms with Crippen LogP contribution < -0.4 is 0 Å². The molecule has 1 aliphatic rings. The molecule has 1 aromatic rings. The van der Waals surface area contributed by atoms with Crippen molar-refractivity contribution in [2.24, 2.45) is 0 Å². The Bertz CT molecular complexity index is 414. The van der Waals surface area contributed by atoms with Crippen LogP contribution in [0.25, 0.3) is 0 Å². The van der Waals surface area contributed by atoms with Crippen LogP contribution >= 0.6 is 11.6 Å². The molecule has 0 spiro atoms. The second-order valence-corrected chi connectivity index (χ2v) is 6.80. The van der Waals surface area contributed by atoms with E-state index in [0.29, 0.717) is 5.88 Å². The normalized spacial score (nSPS) is 19.0.